The van der Waals surface area contributed by atoms with Gasteiger partial charge < -0.3 is 5.11 Å². The van der Waals surface area contributed by atoms with Crippen LogP contribution in [-0.4, -0.2) is 33.0 Å². The number of hydrogen-bond donors (Lipinski definition) is 1. The van der Waals surface area contributed by atoms with Gasteiger partial charge in [-0.25, -0.2) is 4.79 Å². The Morgan fingerprint density at radius 2 is 1.31 bits per heavy atom. The highest BCUT2D eigenvalue weighted by Gasteiger charge is 2.24. The lowest BCUT2D eigenvalue weighted by molar-refractivity contribution is -0.131. The third-order valence-corrected chi connectivity index (χ3v) is 9.14. The van der Waals surface area contributed by atoms with E-state index in [4.69, 9.17) is 5.11 Å². The SMILES string of the molecule is C/C(=C\C(=O)O)c1ccc(CC(=O)c2cc([Si](C)(C)C)cc([Si](C)(C)C)c2)cc1. The lowest BCUT2D eigenvalue weighted by Gasteiger charge is -2.24. The van der Waals surface area contributed by atoms with E-state index >= 15 is 0 Å². The largest absolute Gasteiger partial charge is 0.478 e. The molecule has 0 saturated carbocycles. The van der Waals surface area contributed by atoms with Crippen molar-refractivity contribution in [3.05, 3.63) is 65.2 Å². The van der Waals surface area contributed by atoms with Gasteiger partial charge in [-0.05, 0) is 23.6 Å². The highest BCUT2D eigenvalue weighted by Crippen LogP contribution is 2.16. The van der Waals surface area contributed by atoms with Gasteiger partial charge in [0.2, 0.25) is 0 Å². The molecule has 0 radical (unpaired) electrons. The Kier molecular flexibility index (Phi) is 6.86. The van der Waals surface area contributed by atoms with E-state index in [-0.39, 0.29) is 5.78 Å². The number of carbonyl (C=O) groups excluding carboxylic acids is 1. The lowest BCUT2D eigenvalue weighted by Crippen LogP contribution is -2.45. The zero-order chi connectivity index (χ0) is 22.0. The van der Waals surface area contributed by atoms with E-state index in [1.54, 1.807) is 6.92 Å². The second-order valence-electron chi connectivity index (χ2n) is 9.76. The fourth-order valence-electron chi connectivity index (χ4n) is 3.10. The normalized spacial score (nSPS) is 12.7. The van der Waals surface area contributed by atoms with Crippen molar-refractivity contribution in [1.82, 2.24) is 0 Å². The molecule has 0 bridgehead atoms. The molecule has 0 heterocycles. The van der Waals surface area contributed by atoms with Gasteiger partial charge in [-0.1, -0.05) is 92.1 Å². The molecule has 5 heteroatoms. The molecular formula is C24H32O3Si2. The molecule has 0 aliphatic rings. The first-order chi connectivity index (χ1) is 13.3. The number of carboxylic acids is 1. The van der Waals surface area contributed by atoms with Gasteiger partial charge in [-0.3, -0.25) is 4.79 Å². The van der Waals surface area contributed by atoms with E-state index in [0.29, 0.717) is 12.0 Å². The Morgan fingerprint density at radius 1 is 0.828 bits per heavy atom. The van der Waals surface area contributed by atoms with Crippen LogP contribution in [0.5, 0.6) is 0 Å². The third kappa shape index (κ3) is 6.37. The minimum absolute atomic E-state index is 0.134. The maximum absolute atomic E-state index is 13.1. The second kappa shape index (κ2) is 8.63. The van der Waals surface area contributed by atoms with Crippen molar-refractivity contribution in [2.45, 2.75) is 52.6 Å². The molecule has 0 unspecified atom stereocenters. The Morgan fingerprint density at radius 3 is 1.72 bits per heavy atom. The topological polar surface area (TPSA) is 54.4 Å². The van der Waals surface area contributed by atoms with Crippen LogP contribution in [0.15, 0.2) is 48.5 Å². The third-order valence-electron chi connectivity index (χ3n) is 5.10. The van der Waals surface area contributed by atoms with Crippen LogP contribution < -0.4 is 10.4 Å². The summed E-state index contributed by atoms with van der Waals surface area (Å²) in [6, 6.07) is 14.1. The van der Waals surface area contributed by atoms with Crippen molar-refractivity contribution in [1.29, 1.82) is 0 Å². The summed E-state index contributed by atoms with van der Waals surface area (Å²) in [5, 5.41) is 11.6. The molecule has 0 amide bonds. The van der Waals surface area contributed by atoms with Crippen LogP contribution in [0.25, 0.3) is 5.57 Å². The average Bonchev–Trinajstić information content (AvgIpc) is 2.59. The smallest absolute Gasteiger partial charge is 0.328 e. The first kappa shape index (κ1) is 23.0. The molecule has 2 aromatic rings. The van der Waals surface area contributed by atoms with Crippen LogP contribution in [0.2, 0.25) is 39.3 Å². The molecule has 3 nitrogen and oxygen atoms in total. The van der Waals surface area contributed by atoms with E-state index in [2.05, 4.69) is 57.5 Å². The molecule has 29 heavy (non-hydrogen) atoms. The maximum Gasteiger partial charge on any atom is 0.328 e. The summed E-state index contributed by atoms with van der Waals surface area (Å²) in [6.45, 7) is 15.7. The predicted octanol–water partition coefficient (Wildman–Crippen LogP) is 4.69. The van der Waals surface area contributed by atoms with E-state index < -0.39 is 22.1 Å². The number of allylic oxidation sites excluding steroid dienone is 1. The van der Waals surface area contributed by atoms with Gasteiger partial charge in [-0.15, -0.1) is 0 Å². The van der Waals surface area contributed by atoms with Crippen molar-refractivity contribution in [2.24, 2.45) is 0 Å². The van der Waals surface area contributed by atoms with Gasteiger partial charge >= 0.3 is 5.97 Å². The van der Waals surface area contributed by atoms with Crippen LogP contribution in [0.3, 0.4) is 0 Å². The number of carbonyl (C=O) groups is 2. The fraction of sp³-hybridized carbons (Fsp3) is 0.333. The monoisotopic (exact) mass is 424 g/mol. The second-order valence-corrected chi connectivity index (χ2v) is 19.9. The molecule has 0 fully saturated rings. The van der Waals surface area contributed by atoms with Crippen molar-refractivity contribution >= 4 is 43.8 Å². The minimum Gasteiger partial charge on any atom is -0.478 e. The van der Waals surface area contributed by atoms with Crippen LogP contribution in [0, 0.1) is 0 Å². The summed E-state index contributed by atoms with van der Waals surface area (Å²) >= 11 is 0. The minimum atomic E-state index is -1.53. The van der Waals surface area contributed by atoms with Gasteiger partial charge in [-0.2, -0.15) is 0 Å². The maximum atomic E-state index is 13.1. The Hall–Kier alpha value is -2.25. The number of carboxylic acid groups (broad SMARTS) is 1. The Bertz CT molecular complexity index is 911. The molecule has 1 N–H and O–H groups in total. The number of rotatable bonds is 7. The van der Waals surface area contributed by atoms with E-state index in [1.807, 2.05) is 24.3 Å². The molecule has 0 saturated heterocycles. The number of benzene rings is 2. The molecule has 0 atom stereocenters. The summed E-state index contributed by atoms with van der Waals surface area (Å²) in [4.78, 5) is 23.9. The highest BCUT2D eigenvalue weighted by molar-refractivity contribution is 6.91. The summed E-state index contributed by atoms with van der Waals surface area (Å²) in [7, 11) is -3.06. The molecule has 2 rings (SSSR count). The fourth-order valence-corrected chi connectivity index (χ4v) is 5.59. The Labute approximate surface area is 176 Å². The molecule has 154 valence electrons. The number of aliphatic carboxylic acids is 1. The first-order valence-corrected chi connectivity index (χ1v) is 17.0. The summed E-state index contributed by atoms with van der Waals surface area (Å²) in [5.41, 5.74) is 3.30. The van der Waals surface area contributed by atoms with Crippen molar-refractivity contribution in [3.63, 3.8) is 0 Å². The van der Waals surface area contributed by atoms with Crippen molar-refractivity contribution in [2.75, 3.05) is 0 Å². The van der Waals surface area contributed by atoms with Gasteiger partial charge in [0.15, 0.2) is 5.78 Å². The summed E-state index contributed by atoms with van der Waals surface area (Å²) < 4.78 is 0. The predicted molar refractivity (Wildman–Crippen MR) is 128 cm³/mol. The number of ketones is 1. The molecule has 0 aromatic heterocycles. The van der Waals surface area contributed by atoms with Crippen LogP contribution in [-0.2, 0) is 11.2 Å². The number of hydrogen-bond acceptors (Lipinski definition) is 2. The van der Waals surface area contributed by atoms with Gasteiger partial charge in [0, 0.05) is 18.1 Å². The lowest BCUT2D eigenvalue weighted by atomic mass is 10.00. The summed E-state index contributed by atoms with van der Waals surface area (Å²) in [6.07, 6.45) is 1.54. The van der Waals surface area contributed by atoms with Crippen molar-refractivity contribution < 1.29 is 14.7 Å². The molecule has 0 aliphatic heterocycles. The van der Waals surface area contributed by atoms with Crippen LogP contribution in [0.4, 0.5) is 0 Å². The average molecular weight is 425 g/mol. The molecule has 0 aliphatic carbocycles. The Balaban J connectivity index is 2.32. The quantitative estimate of drug-likeness (QED) is 0.398. The standard InChI is InChI=1S/C24H32O3Si2/c1-17(12-24(26)27)19-10-8-18(9-11-19)13-23(25)20-14-21(28(2,3)4)16-22(15-20)29(5,6)7/h8-12,14-16H,13H2,1-7H3,(H,26,27)/b17-12+. The van der Waals surface area contributed by atoms with Crippen molar-refractivity contribution in [3.8, 4) is 0 Å². The zero-order valence-electron chi connectivity index (χ0n) is 18.6. The zero-order valence-corrected chi connectivity index (χ0v) is 20.6. The van der Waals surface area contributed by atoms with Crippen LogP contribution in [0.1, 0.15) is 28.4 Å². The highest BCUT2D eigenvalue weighted by atomic mass is 28.3. The molecule has 2 aromatic carbocycles. The van der Waals surface area contributed by atoms with Gasteiger partial charge in [0.25, 0.3) is 0 Å². The van der Waals surface area contributed by atoms with Gasteiger partial charge in [0.05, 0.1) is 16.1 Å². The number of Topliss-reactive ketones (excluding diaryl/α,β-unsaturated/α-hetero) is 1. The first-order valence-electron chi connectivity index (χ1n) is 9.97. The summed E-state index contributed by atoms with van der Waals surface area (Å²) in [5.74, 6) is -0.822. The molecular weight excluding hydrogens is 392 g/mol. The van der Waals surface area contributed by atoms with E-state index in [1.165, 1.54) is 16.4 Å². The van der Waals surface area contributed by atoms with E-state index in [0.717, 1.165) is 16.7 Å². The van der Waals surface area contributed by atoms with Gasteiger partial charge in [0.1, 0.15) is 0 Å². The van der Waals surface area contributed by atoms with Crippen LogP contribution >= 0.6 is 0 Å². The molecule has 0 spiro atoms. The van der Waals surface area contributed by atoms with E-state index in [9.17, 15) is 9.59 Å².